The molecule has 1 atom stereocenters. The minimum absolute atomic E-state index is 0.631. The SMILES string of the molecule is Clc1ccc2nc(N3CCC(NC[C@@H]4CCCOC4)CC3)sc2c1. The molecule has 24 heavy (non-hydrogen) atoms. The fourth-order valence-electron chi connectivity index (χ4n) is 3.60. The van der Waals surface area contributed by atoms with Gasteiger partial charge in [0.05, 0.1) is 16.8 Å². The molecule has 6 heteroatoms. The summed E-state index contributed by atoms with van der Waals surface area (Å²) in [7, 11) is 0. The van der Waals surface area contributed by atoms with Gasteiger partial charge in [-0.2, -0.15) is 0 Å². The zero-order valence-electron chi connectivity index (χ0n) is 13.8. The van der Waals surface area contributed by atoms with Crippen molar-refractivity contribution in [1.29, 1.82) is 0 Å². The van der Waals surface area contributed by atoms with Gasteiger partial charge in [-0.3, -0.25) is 0 Å². The van der Waals surface area contributed by atoms with Gasteiger partial charge in [0.25, 0.3) is 0 Å². The fraction of sp³-hybridized carbons (Fsp3) is 0.611. The van der Waals surface area contributed by atoms with Gasteiger partial charge in [0.15, 0.2) is 5.13 Å². The Bertz CT molecular complexity index is 678. The Balaban J connectivity index is 1.30. The molecule has 2 aromatic rings. The molecular weight excluding hydrogens is 342 g/mol. The number of aromatic nitrogens is 1. The largest absolute Gasteiger partial charge is 0.381 e. The second kappa shape index (κ2) is 7.56. The molecule has 0 amide bonds. The highest BCUT2D eigenvalue weighted by atomic mass is 35.5. The Morgan fingerprint density at radius 2 is 2.17 bits per heavy atom. The molecule has 1 aromatic carbocycles. The Morgan fingerprint density at radius 1 is 1.29 bits per heavy atom. The molecule has 3 heterocycles. The lowest BCUT2D eigenvalue weighted by atomic mass is 10.00. The Kier molecular flexibility index (Phi) is 5.22. The normalized spacial score (nSPS) is 23.0. The van der Waals surface area contributed by atoms with Crippen LogP contribution in [-0.4, -0.2) is 43.9 Å². The second-order valence-electron chi connectivity index (χ2n) is 6.86. The molecule has 130 valence electrons. The smallest absolute Gasteiger partial charge is 0.186 e. The fourth-order valence-corrected chi connectivity index (χ4v) is 4.89. The summed E-state index contributed by atoms with van der Waals surface area (Å²) >= 11 is 7.83. The third kappa shape index (κ3) is 3.85. The van der Waals surface area contributed by atoms with Gasteiger partial charge in [-0.15, -0.1) is 0 Å². The van der Waals surface area contributed by atoms with Crippen molar-refractivity contribution in [2.24, 2.45) is 5.92 Å². The number of benzene rings is 1. The number of halogens is 1. The van der Waals surface area contributed by atoms with Crippen molar-refractivity contribution in [2.75, 3.05) is 37.7 Å². The lowest BCUT2D eigenvalue weighted by Crippen LogP contribution is -2.44. The average Bonchev–Trinajstić information content (AvgIpc) is 3.04. The highest BCUT2D eigenvalue weighted by Gasteiger charge is 2.22. The number of rotatable bonds is 4. The molecule has 0 radical (unpaired) electrons. The molecule has 0 saturated carbocycles. The molecule has 0 unspecified atom stereocenters. The topological polar surface area (TPSA) is 37.4 Å². The molecule has 1 N–H and O–H groups in total. The summed E-state index contributed by atoms with van der Waals surface area (Å²) in [5.74, 6) is 0.700. The van der Waals surface area contributed by atoms with Crippen LogP contribution in [0.25, 0.3) is 10.2 Å². The van der Waals surface area contributed by atoms with E-state index in [1.54, 1.807) is 11.3 Å². The number of hydrogen-bond acceptors (Lipinski definition) is 5. The Labute approximate surface area is 152 Å². The summed E-state index contributed by atoms with van der Waals surface area (Å²) < 4.78 is 6.75. The molecule has 4 rings (SSSR count). The maximum absolute atomic E-state index is 6.08. The van der Waals surface area contributed by atoms with Gasteiger partial charge >= 0.3 is 0 Å². The monoisotopic (exact) mass is 365 g/mol. The number of hydrogen-bond donors (Lipinski definition) is 1. The number of thiazole rings is 1. The molecule has 2 fully saturated rings. The molecular formula is C18H24ClN3OS. The van der Waals surface area contributed by atoms with E-state index in [1.807, 2.05) is 18.2 Å². The van der Waals surface area contributed by atoms with Crippen LogP contribution in [0.5, 0.6) is 0 Å². The predicted molar refractivity (Wildman–Crippen MR) is 101 cm³/mol. The average molecular weight is 366 g/mol. The van der Waals surface area contributed by atoms with Crippen molar-refractivity contribution in [1.82, 2.24) is 10.3 Å². The highest BCUT2D eigenvalue weighted by molar-refractivity contribution is 7.22. The first-order valence-corrected chi connectivity index (χ1v) is 10.1. The van der Waals surface area contributed by atoms with Crippen LogP contribution in [0.15, 0.2) is 18.2 Å². The van der Waals surface area contributed by atoms with E-state index < -0.39 is 0 Å². The van der Waals surface area contributed by atoms with Crippen LogP contribution in [0.3, 0.4) is 0 Å². The van der Waals surface area contributed by atoms with Crippen molar-refractivity contribution in [3.05, 3.63) is 23.2 Å². The lowest BCUT2D eigenvalue weighted by Gasteiger charge is -2.33. The van der Waals surface area contributed by atoms with Gasteiger partial charge in [-0.05, 0) is 49.8 Å². The number of fused-ring (bicyclic) bond motifs is 1. The van der Waals surface area contributed by atoms with Crippen LogP contribution in [0.4, 0.5) is 5.13 Å². The maximum atomic E-state index is 6.08. The molecule has 4 nitrogen and oxygen atoms in total. The first kappa shape index (κ1) is 16.6. The van der Waals surface area contributed by atoms with Crippen molar-refractivity contribution < 1.29 is 4.74 Å². The lowest BCUT2D eigenvalue weighted by molar-refractivity contribution is 0.0535. The van der Waals surface area contributed by atoms with Gasteiger partial charge in [0.2, 0.25) is 0 Å². The van der Waals surface area contributed by atoms with Crippen LogP contribution in [0, 0.1) is 5.92 Å². The van der Waals surface area contributed by atoms with Crippen LogP contribution in [0.2, 0.25) is 5.02 Å². The molecule has 0 bridgehead atoms. The van der Waals surface area contributed by atoms with E-state index >= 15 is 0 Å². The van der Waals surface area contributed by atoms with Gasteiger partial charge in [0, 0.05) is 37.3 Å². The van der Waals surface area contributed by atoms with Crippen molar-refractivity contribution in [2.45, 2.75) is 31.7 Å². The Hall–Kier alpha value is -0.880. The molecule has 2 aliphatic rings. The number of ether oxygens (including phenoxy) is 1. The second-order valence-corrected chi connectivity index (χ2v) is 8.31. The van der Waals surface area contributed by atoms with Crippen LogP contribution >= 0.6 is 22.9 Å². The number of piperidine rings is 1. The summed E-state index contributed by atoms with van der Waals surface area (Å²) in [6.45, 7) is 5.13. The minimum Gasteiger partial charge on any atom is -0.381 e. The van der Waals surface area contributed by atoms with E-state index in [4.69, 9.17) is 21.3 Å². The summed E-state index contributed by atoms with van der Waals surface area (Å²) in [5, 5.41) is 5.67. The van der Waals surface area contributed by atoms with E-state index in [-0.39, 0.29) is 0 Å². The van der Waals surface area contributed by atoms with Crippen LogP contribution < -0.4 is 10.2 Å². The molecule has 2 aliphatic heterocycles. The molecule has 0 spiro atoms. The van der Waals surface area contributed by atoms with Gasteiger partial charge < -0.3 is 15.0 Å². The molecule has 1 aromatic heterocycles. The first-order valence-electron chi connectivity index (χ1n) is 8.90. The van der Waals surface area contributed by atoms with Gasteiger partial charge in [-0.25, -0.2) is 4.98 Å². The van der Waals surface area contributed by atoms with Crippen molar-refractivity contribution >= 4 is 38.3 Å². The highest BCUT2D eigenvalue weighted by Crippen LogP contribution is 2.32. The van der Waals surface area contributed by atoms with Gasteiger partial charge in [-0.1, -0.05) is 22.9 Å². The minimum atomic E-state index is 0.631. The Morgan fingerprint density at radius 3 is 2.96 bits per heavy atom. The zero-order valence-corrected chi connectivity index (χ0v) is 15.4. The van der Waals surface area contributed by atoms with Gasteiger partial charge in [0.1, 0.15) is 0 Å². The summed E-state index contributed by atoms with van der Waals surface area (Å²) in [6, 6.07) is 6.57. The van der Waals surface area contributed by atoms with Crippen LogP contribution in [-0.2, 0) is 4.74 Å². The van der Waals surface area contributed by atoms with E-state index in [9.17, 15) is 0 Å². The summed E-state index contributed by atoms with van der Waals surface area (Å²) in [4.78, 5) is 7.19. The third-order valence-electron chi connectivity index (χ3n) is 5.05. The molecule has 0 aliphatic carbocycles. The quantitative estimate of drug-likeness (QED) is 0.890. The van der Waals surface area contributed by atoms with Crippen molar-refractivity contribution in [3.63, 3.8) is 0 Å². The van der Waals surface area contributed by atoms with E-state index in [2.05, 4.69) is 10.2 Å². The zero-order chi connectivity index (χ0) is 16.4. The number of anilines is 1. The third-order valence-corrected chi connectivity index (χ3v) is 6.37. The number of nitrogens with one attached hydrogen (secondary N) is 1. The van der Waals surface area contributed by atoms with E-state index in [0.717, 1.165) is 48.5 Å². The van der Waals surface area contributed by atoms with Crippen molar-refractivity contribution in [3.8, 4) is 0 Å². The van der Waals surface area contributed by atoms with E-state index in [1.165, 1.54) is 30.4 Å². The maximum Gasteiger partial charge on any atom is 0.186 e. The van der Waals surface area contributed by atoms with Crippen LogP contribution in [0.1, 0.15) is 25.7 Å². The molecule has 2 saturated heterocycles. The summed E-state index contributed by atoms with van der Waals surface area (Å²) in [5.41, 5.74) is 1.05. The first-order chi connectivity index (χ1) is 11.8. The summed E-state index contributed by atoms with van der Waals surface area (Å²) in [6.07, 6.45) is 4.89. The number of nitrogens with zero attached hydrogens (tertiary/aromatic N) is 2. The standard InChI is InChI=1S/C18H24ClN3OS/c19-14-3-4-16-17(10-14)24-18(21-16)22-7-5-15(6-8-22)20-11-13-2-1-9-23-12-13/h3-4,10,13,15,20H,1-2,5-9,11-12H2/t13-/m0/s1. The van der Waals surface area contributed by atoms with E-state index in [0.29, 0.717) is 12.0 Å². The predicted octanol–water partition coefficient (Wildman–Crippen LogP) is 3.93.